The number of benzene rings is 1. The van der Waals surface area contributed by atoms with Crippen LogP contribution in [0.15, 0.2) is 36.5 Å². The van der Waals surface area contributed by atoms with Crippen LogP contribution in [0.1, 0.15) is 31.9 Å². The predicted octanol–water partition coefficient (Wildman–Crippen LogP) is 2.72. The summed E-state index contributed by atoms with van der Waals surface area (Å²) in [4.78, 5) is 24.9. The summed E-state index contributed by atoms with van der Waals surface area (Å²) in [6.07, 6.45) is 2.65. The van der Waals surface area contributed by atoms with E-state index in [-0.39, 0.29) is 30.1 Å². The van der Waals surface area contributed by atoms with E-state index in [4.69, 9.17) is 0 Å². The van der Waals surface area contributed by atoms with Crippen molar-refractivity contribution >= 4 is 17.4 Å². The Morgan fingerprint density at radius 3 is 2.87 bits per heavy atom. The summed E-state index contributed by atoms with van der Waals surface area (Å²) in [6.45, 7) is 4.09. The Hall–Kier alpha value is -2.70. The number of hydrogen-bond acceptors (Lipinski definition) is 4. The van der Waals surface area contributed by atoms with E-state index in [1.165, 1.54) is 12.1 Å². The Balaban J connectivity index is 1.85. The highest BCUT2D eigenvalue weighted by Gasteiger charge is 2.32. The molecule has 1 amide bonds. The van der Waals surface area contributed by atoms with Crippen LogP contribution in [0.4, 0.5) is 11.5 Å². The van der Waals surface area contributed by atoms with Gasteiger partial charge in [-0.05, 0) is 25.8 Å². The fourth-order valence-electron chi connectivity index (χ4n) is 3.18. The molecule has 3 rings (SSSR count). The highest BCUT2D eigenvalue weighted by Crippen LogP contribution is 2.31. The molecule has 23 heavy (non-hydrogen) atoms. The summed E-state index contributed by atoms with van der Waals surface area (Å²) in [5, 5.41) is 15.1. The molecule has 0 saturated carbocycles. The first kappa shape index (κ1) is 15.2. The van der Waals surface area contributed by atoms with Crippen LogP contribution in [0.3, 0.4) is 0 Å². The van der Waals surface area contributed by atoms with Gasteiger partial charge in [-0.2, -0.15) is 5.10 Å². The highest BCUT2D eigenvalue weighted by atomic mass is 16.6. The van der Waals surface area contributed by atoms with Gasteiger partial charge in [0.1, 0.15) is 5.82 Å². The molecule has 0 aliphatic carbocycles. The standard InChI is InChI=1S/C16H18N4O3/c1-11-8-12(2)19-15(6-7-17-19)18(11)16(21)10-13-4-3-5-14(9-13)20(22)23/h3-7,9,11-12H,8,10H2,1-2H3. The number of anilines is 1. The zero-order valence-electron chi connectivity index (χ0n) is 13.0. The van der Waals surface area contributed by atoms with E-state index in [2.05, 4.69) is 12.0 Å². The van der Waals surface area contributed by atoms with Crippen molar-refractivity contribution in [1.82, 2.24) is 9.78 Å². The summed E-state index contributed by atoms with van der Waals surface area (Å²) in [6, 6.07) is 8.36. The maximum atomic E-state index is 12.7. The number of non-ortho nitro benzene ring substituents is 1. The van der Waals surface area contributed by atoms with Crippen molar-refractivity contribution in [2.45, 2.75) is 38.8 Å². The number of nitro benzene ring substituents is 1. The molecule has 7 nitrogen and oxygen atoms in total. The number of nitro groups is 1. The number of amides is 1. The number of rotatable bonds is 3. The highest BCUT2D eigenvalue weighted by molar-refractivity contribution is 5.94. The van der Waals surface area contributed by atoms with Crippen LogP contribution in [-0.2, 0) is 11.2 Å². The van der Waals surface area contributed by atoms with E-state index in [1.807, 2.05) is 17.7 Å². The topological polar surface area (TPSA) is 81.3 Å². The Bertz CT molecular complexity index is 755. The SMILES string of the molecule is CC1CC(C)n2nccc2N1C(=O)Cc1cccc([N+](=O)[O-])c1. The lowest BCUT2D eigenvalue weighted by atomic mass is 10.0. The zero-order chi connectivity index (χ0) is 16.6. The minimum atomic E-state index is -0.450. The van der Waals surface area contributed by atoms with Crippen LogP contribution in [0.2, 0.25) is 0 Å². The molecule has 2 aromatic rings. The minimum Gasteiger partial charge on any atom is -0.294 e. The average Bonchev–Trinajstić information content (AvgIpc) is 2.97. The van der Waals surface area contributed by atoms with Gasteiger partial charge in [0, 0.05) is 24.2 Å². The quantitative estimate of drug-likeness (QED) is 0.644. The predicted molar refractivity (Wildman–Crippen MR) is 85.3 cm³/mol. The molecule has 2 atom stereocenters. The van der Waals surface area contributed by atoms with Crippen LogP contribution < -0.4 is 4.90 Å². The number of fused-ring (bicyclic) bond motifs is 1. The molecular weight excluding hydrogens is 296 g/mol. The largest absolute Gasteiger partial charge is 0.294 e. The first-order chi connectivity index (χ1) is 11.0. The van der Waals surface area contributed by atoms with Crippen molar-refractivity contribution in [2.75, 3.05) is 4.90 Å². The number of carbonyl (C=O) groups is 1. The van der Waals surface area contributed by atoms with Crippen molar-refractivity contribution in [2.24, 2.45) is 0 Å². The lowest BCUT2D eigenvalue weighted by Crippen LogP contribution is -2.45. The van der Waals surface area contributed by atoms with Crippen LogP contribution >= 0.6 is 0 Å². The number of aromatic nitrogens is 2. The molecule has 1 aromatic heterocycles. The summed E-state index contributed by atoms with van der Waals surface area (Å²) >= 11 is 0. The Morgan fingerprint density at radius 1 is 1.35 bits per heavy atom. The van der Waals surface area contributed by atoms with Gasteiger partial charge in [-0.3, -0.25) is 19.8 Å². The van der Waals surface area contributed by atoms with Gasteiger partial charge >= 0.3 is 0 Å². The number of hydrogen-bond donors (Lipinski definition) is 0. The van der Waals surface area contributed by atoms with E-state index >= 15 is 0 Å². The van der Waals surface area contributed by atoms with Gasteiger partial charge in [0.15, 0.2) is 0 Å². The molecule has 0 N–H and O–H groups in total. The molecule has 0 saturated heterocycles. The number of nitrogens with zero attached hydrogens (tertiary/aromatic N) is 4. The summed E-state index contributed by atoms with van der Waals surface area (Å²) < 4.78 is 1.85. The summed E-state index contributed by atoms with van der Waals surface area (Å²) in [5.41, 5.74) is 0.641. The van der Waals surface area contributed by atoms with Crippen molar-refractivity contribution in [3.63, 3.8) is 0 Å². The van der Waals surface area contributed by atoms with Crippen LogP contribution in [0, 0.1) is 10.1 Å². The Labute approximate surface area is 133 Å². The second-order valence-electron chi connectivity index (χ2n) is 5.94. The minimum absolute atomic E-state index is 0.000608. The van der Waals surface area contributed by atoms with Gasteiger partial charge < -0.3 is 0 Å². The fourth-order valence-corrected chi connectivity index (χ4v) is 3.18. The van der Waals surface area contributed by atoms with E-state index < -0.39 is 4.92 Å². The first-order valence-electron chi connectivity index (χ1n) is 7.56. The lowest BCUT2D eigenvalue weighted by Gasteiger charge is -2.37. The Kier molecular flexibility index (Phi) is 3.85. The maximum Gasteiger partial charge on any atom is 0.269 e. The molecule has 2 unspecified atom stereocenters. The summed E-state index contributed by atoms with van der Waals surface area (Å²) in [7, 11) is 0. The average molecular weight is 314 g/mol. The van der Waals surface area contributed by atoms with Crippen molar-refractivity contribution < 1.29 is 9.72 Å². The van der Waals surface area contributed by atoms with E-state index in [0.717, 1.165) is 12.2 Å². The third-order valence-electron chi connectivity index (χ3n) is 4.18. The second-order valence-corrected chi connectivity index (χ2v) is 5.94. The maximum absolute atomic E-state index is 12.7. The first-order valence-corrected chi connectivity index (χ1v) is 7.56. The lowest BCUT2D eigenvalue weighted by molar-refractivity contribution is -0.384. The Morgan fingerprint density at radius 2 is 2.13 bits per heavy atom. The zero-order valence-corrected chi connectivity index (χ0v) is 13.0. The smallest absolute Gasteiger partial charge is 0.269 e. The van der Waals surface area contributed by atoms with Crippen LogP contribution in [0.25, 0.3) is 0 Å². The van der Waals surface area contributed by atoms with Crippen LogP contribution in [-0.4, -0.2) is 26.7 Å². The van der Waals surface area contributed by atoms with Gasteiger partial charge in [0.25, 0.3) is 5.69 Å². The van der Waals surface area contributed by atoms with E-state index in [9.17, 15) is 14.9 Å². The van der Waals surface area contributed by atoms with E-state index in [0.29, 0.717) is 5.56 Å². The normalized spacial score (nSPS) is 20.2. The molecule has 1 aromatic carbocycles. The molecule has 2 heterocycles. The van der Waals surface area contributed by atoms with Crippen molar-refractivity contribution in [3.05, 3.63) is 52.2 Å². The molecule has 0 fully saturated rings. The van der Waals surface area contributed by atoms with E-state index in [1.54, 1.807) is 23.2 Å². The van der Waals surface area contributed by atoms with Crippen molar-refractivity contribution in [3.8, 4) is 0 Å². The van der Waals surface area contributed by atoms with Crippen molar-refractivity contribution in [1.29, 1.82) is 0 Å². The number of carbonyl (C=O) groups excluding carboxylic acids is 1. The molecule has 1 aliphatic rings. The molecular formula is C16H18N4O3. The monoisotopic (exact) mass is 314 g/mol. The molecule has 7 heteroatoms. The fraction of sp³-hybridized carbons (Fsp3) is 0.375. The molecule has 0 radical (unpaired) electrons. The molecule has 120 valence electrons. The molecule has 0 bridgehead atoms. The van der Waals surface area contributed by atoms with Gasteiger partial charge in [-0.1, -0.05) is 12.1 Å². The van der Waals surface area contributed by atoms with Gasteiger partial charge in [0.2, 0.25) is 5.91 Å². The second kappa shape index (κ2) is 5.83. The summed E-state index contributed by atoms with van der Waals surface area (Å²) in [5.74, 6) is 0.707. The third-order valence-corrected chi connectivity index (χ3v) is 4.18. The van der Waals surface area contributed by atoms with Gasteiger partial charge in [-0.25, -0.2) is 4.68 Å². The molecule has 1 aliphatic heterocycles. The van der Waals surface area contributed by atoms with Crippen LogP contribution in [0.5, 0.6) is 0 Å². The third kappa shape index (κ3) is 2.81. The molecule has 0 spiro atoms. The van der Waals surface area contributed by atoms with Gasteiger partial charge in [0.05, 0.1) is 23.6 Å². The van der Waals surface area contributed by atoms with Gasteiger partial charge in [-0.15, -0.1) is 0 Å².